The molecule has 0 aliphatic carbocycles. The molecule has 1 aliphatic rings. The van der Waals surface area contributed by atoms with E-state index in [-0.39, 0.29) is 21.5 Å². The highest BCUT2D eigenvalue weighted by molar-refractivity contribution is 7.93. The molecule has 0 spiro atoms. The summed E-state index contributed by atoms with van der Waals surface area (Å²) in [4.78, 5) is 21.4. The number of ether oxygens (including phenoxy) is 1. The van der Waals surface area contributed by atoms with Crippen LogP contribution in [0, 0.1) is 0 Å². The Balaban J connectivity index is 1.29. The number of sulfonamides is 1. The van der Waals surface area contributed by atoms with Gasteiger partial charge >= 0.3 is 0 Å². The third kappa shape index (κ3) is 5.05. The maximum Gasteiger partial charge on any atom is 0.264 e. The number of carbonyl (C=O) groups excluding carboxylic acids is 1. The molecule has 1 aliphatic heterocycles. The van der Waals surface area contributed by atoms with Gasteiger partial charge in [0.05, 0.1) is 34.6 Å². The molecule has 0 radical (unpaired) electrons. The van der Waals surface area contributed by atoms with Gasteiger partial charge in [-0.25, -0.2) is 8.42 Å². The average molecular weight is 537 g/mol. The Hall–Kier alpha value is -3.82. The van der Waals surface area contributed by atoms with E-state index >= 15 is 0 Å². The molecular formula is C27H25ClN4O4S. The molecule has 1 aromatic heterocycles. The van der Waals surface area contributed by atoms with Gasteiger partial charge in [0, 0.05) is 37.8 Å². The molecule has 37 heavy (non-hydrogen) atoms. The van der Waals surface area contributed by atoms with Crippen LogP contribution in [0.25, 0.3) is 10.9 Å². The van der Waals surface area contributed by atoms with E-state index in [1.807, 2.05) is 24.3 Å². The SMILES string of the molecule is COc1ccccc1N1CCN(C(=O)c2ccc(NS(=O)(=O)c3cccc4cccnc34)cc2Cl)CC1. The van der Waals surface area contributed by atoms with Gasteiger partial charge in [0.2, 0.25) is 0 Å². The number of hydrogen-bond acceptors (Lipinski definition) is 6. The molecule has 1 fully saturated rings. The zero-order chi connectivity index (χ0) is 26.0. The molecule has 190 valence electrons. The molecule has 1 saturated heterocycles. The highest BCUT2D eigenvalue weighted by Crippen LogP contribution is 2.30. The van der Waals surface area contributed by atoms with Gasteiger partial charge in [-0.2, -0.15) is 0 Å². The minimum atomic E-state index is -3.93. The minimum Gasteiger partial charge on any atom is -0.495 e. The number of halogens is 1. The third-order valence-electron chi connectivity index (χ3n) is 6.33. The number of nitrogens with one attached hydrogen (secondary N) is 1. The van der Waals surface area contributed by atoms with Crippen LogP contribution in [0.1, 0.15) is 10.4 Å². The minimum absolute atomic E-state index is 0.0646. The second kappa shape index (κ2) is 10.3. The number of nitrogens with zero attached hydrogens (tertiary/aromatic N) is 3. The summed E-state index contributed by atoms with van der Waals surface area (Å²) in [7, 11) is -2.29. The van der Waals surface area contributed by atoms with Crippen molar-refractivity contribution in [3.05, 3.63) is 89.6 Å². The number of para-hydroxylation sites is 3. The number of rotatable bonds is 6. The standard InChI is InChI=1S/C27H25ClN4O4S/c1-36-24-9-3-2-8-23(24)31-14-16-32(17-15-31)27(33)21-12-11-20(18-22(21)28)30-37(34,35)25-10-4-6-19-7-5-13-29-26(19)25/h2-13,18,30H,14-17H2,1H3. The van der Waals surface area contributed by atoms with Crippen LogP contribution in [0.2, 0.25) is 5.02 Å². The molecule has 4 aromatic rings. The van der Waals surface area contributed by atoms with Crippen molar-refractivity contribution in [3.63, 3.8) is 0 Å². The Labute approximate surface area is 220 Å². The lowest BCUT2D eigenvalue weighted by atomic mass is 10.1. The fourth-order valence-electron chi connectivity index (χ4n) is 4.47. The lowest BCUT2D eigenvalue weighted by Crippen LogP contribution is -2.49. The van der Waals surface area contributed by atoms with Gasteiger partial charge in [-0.1, -0.05) is 41.9 Å². The summed E-state index contributed by atoms with van der Waals surface area (Å²) in [6.45, 7) is 2.35. The summed E-state index contributed by atoms with van der Waals surface area (Å²) in [6, 6.07) is 20.9. The van der Waals surface area contributed by atoms with Crippen LogP contribution in [0.3, 0.4) is 0 Å². The maximum absolute atomic E-state index is 13.2. The molecular weight excluding hydrogens is 512 g/mol. The number of pyridine rings is 1. The Morgan fingerprint density at radius 3 is 2.49 bits per heavy atom. The lowest BCUT2D eigenvalue weighted by molar-refractivity contribution is 0.0747. The summed E-state index contributed by atoms with van der Waals surface area (Å²) in [5.74, 6) is 0.597. The van der Waals surface area contributed by atoms with Gasteiger partial charge < -0.3 is 14.5 Å². The topological polar surface area (TPSA) is 91.8 Å². The van der Waals surface area contributed by atoms with Crippen molar-refractivity contribution in [3.8, 4) is 5.75 Å². The van der Waals surface area contributed by atoms with E-state index in [0.29, 0.717) is 37.3 Å². The number of amides is 1. The lowest BCUT2D eigenvalue weighted by Gasteiger charge is -2.36. The number of piperazine rings is 1. The molecule has 1 N–H and O–H groups in total. The van der Waals surface area contributed by atoms with Crippen LogP contribution in [0.4, 0.5) is 11.4 Å². The number of anilines is 2. The highest BCUT2D eigenvalue weighted by atomic mass is 35.5. The fraction of sp³-hybridized carbons (Fsp3) is 0.185. The zero-order valence-electron chi connectivity index (χ0n) is 20.1. The number of methoxy groups -OCH3 is 1. The predicted molar refractivity (Wildman–Crippen MR) is 145 cm³/mol. The van der Waals surface area contributed by atoms with Crippen molar-refractivity contribution in [1.29, 1.82) is 0 Å². The Morgan fingerprint density at radius 2 is 1.73 bits per heavy atom. The zero-order valence-corrected chi connectivity index (χ0v) is 21.7. The molecule has 1 amide bonds. The molecule has 3 aromatic carbocycles. The number of carbonyl (C=O) groups is 1. The molecule has 0 unspecified atom stereocenters. The summed E-state index contributed by atoms with van der Waals surface area (Å²) >= 11 is 6.46. The van der Waals surface area contributed by atoms with Gasteiger partial charge in [0.1, 0.15) is 10.6 Å². The van der Waals surface area contributed by atoms with E-state index in [2.05, 4.69) is 14.6 Å². The molecule has 8 nitrogen and oxygen atoms in total. The predicted octanol–water partition coefficient (Wildman–Crippen LogP) is 4.66. The summed E-state index contributed by atoms with van der Waals surface area (Å²) in [5, 5.41) is 0.892. The van der Waals surface area contributed by atoms with E-state index in [1.165, 1.54) is 12.1 Å². The van der Waals surface area contributed by atoms with Crippen LogP contribution < -0.4 is 14.4 Å². The van der Waals surface area contributed by atoms with E-state index in [1.54, 1.807) is 54.6 Å². The van der Waals surface area contributed by atoms with Gasteiger partial charge in [0.15, 0.2) is 0 Å². The summed E-state index contributed by atoms with van der Waals surface area (Å²) < 4.78 is 34.2. The van der Waals surface area contributed by atoms with Gasteiger partial charge in [-0.05, 0) is 42.5 Å². The fourth-order valence-corrected chi connectivity index (χ4v) is 5.96. The van der Waals surface area contributed by atoms with Gasteiger partial charge in [-0.3, -0.25) is 14.5 Å². The van der Waals surface area contributed by atoms with Crippen LogP contribution in [-0.2, 0) is 10.0 Å². The van der Waals surface area contributed by atoms with Crippen LogP contribution in [0.15, 0.2) is 83.9 Å². The molecule has 0 saturated carbocycles. The van der Waals surface area contributed by atoms with E-state index in [9.17, 15) is 13.2 Å². The smallest absolute Gasteiger partial charge is 0.264 e. The number of hydrogen-bond donors (Lipinski definition) is 1. The first-order valence-electron chi connectivity index (χ1n) is 11.7. The molecule has 0 atom stereocenters. The number of fused-ring (bicyclic) bond motifs is 1. The third-order valence-corrected chi connectivity index (χ3v) is 8.06. The number of benzene rings is 3. The van der Waals surface area contributed by atoms with Crippen molar-refractivity contribution in [1.82, 2.24) is 9.88 Å². The van der Waals surface area contributed by atoms with Crippen molar-refractivity contribution in [2.24, 2.45) is 0 Å². The first-order valence-corrected chi connectivity index (χ1v) is 13.6. The van der Waals surface area contributed by atoms with Crippen LogP contribution in [-0.4, -0.2) is 57.5 Å². The molecule has 0 bridgehead atoms. The average Bonchev–Trinajstić information content (AvgIpc) is 2.92. The van der Waals surface area contributed by atoms with Crippen LogP contribution >= 0.6 is 11.6 Å². The monoisotopic (exact) mass is 536 g/mol. The highest BCUT2D eigenvalue weighted by Gasteiger charge is 2.26. The first-order chi connectivity index (χ1) is 17.9. The Kier molecular flexibility index (Phi) is 6.90. The van der Waals surface area contributed by atoms with Crippen molar-refractivity contribution < 1.29 is 17.9 Å². The van der Waals surface area contributed by atoms with E-state index in [4.69, 9.17) is 16.3 Å². The maximum atomic E-state index is 13.2. The Bertz CT molecular complexity index is 1560. The molecule has 5 rings (SSSR count). The molecule has 10 heteroatoms. The molecule has 2 heterocycles. The van der Waals surface area contributed by atoms with Crippen molar-refractivity contribution in [2.45, 2.75) is 4.90 Å². The second-order valence-corrected chi connectivity index (χ2v) is 10.6. The van der Waals surface area contributed by atoms with E-state index < -0.39 is 10.0 Å². The largest absolute Gasteiger partial charge is 0.495 e. The van der Waals surface area contributed by atoms with Crippen molar-refractivity contribution >= 4 is 49.8 Å². The van der Waals surface area contributed by atoms with Gasteiger partial charge in [0.25, 0.3) is 15.9 Å². The normalized spacial score (nSPS) is 14.0. The second-order valence-electron chi connectivity index (χ2n) is 8.58. The number of aromatic nitrogens is 1. The van der Waals surface area contributed by atoms with E-state index in [0.717, 1.165) is 16.8 Å². The first kappa shape index (κ1) is 24.9. The Morgan fingerprint density at radius 1 is 0.973 bits per heavy atom. The van der Waals surface area contributed by atoms with Crippen molar-refractivity contribution in [2.75, 3.05) is 42.9 Å². The summed E-state index contributed by atoms with van der Waals surface area (Å²) in [6.07, 6.45) is 1.55. The van der Waals surface area contributed by atoms with Gasteiger partial charge in [-0.15, -0.1) is 0 Å². The quantitative estimate of drug-likeness (QED) is 0.385. The summed E-state index contributed by atoms with van der Waals surface area (Å²) in [5.41, 5.74) is 1.95. The van der Waals surface area contributed by atoms with Crippen LogP contribution in [0.5, 0.6) is 5.75 Å².